The Kier molecular flexibility index (Phi) is 4.02. The fourth-order valence-electron chi connectivity index (χ4n) is 1.75. The van der Waals surface area contributed by atoms with Crippen molar-refractivity contribution in [3.8, 4) is 0 Å². The lowest BCUT2D eigenvalue weighted by Crippen LogP contribution is -2.47. The van der Waals surface area contributed by atoms with Crippen LogP contribution in [0.2, 0.25) is 0 Å². The first kappa shape index (κ1) is 10.0. The van der Waals surface area contributed by atoms with Crippen LogP contribution >= 0.6 is 0 Å². The zero-order valence-electron chi connectivity index (χ0n) is 8.56. The third-order valence-corrected chi connectivity index (χ3v) is 2.68. The summed E-state index contributed by atoms with van der Waals surface area (Å²) in [5.74, 6) is 0.838. The molecule has 1 fully saturated rings. The molecule has 2 atom stereocenters. The van der Waals surface area contributed by atoms with Gasteiger partial charge in [0, 0.05) is 18.6 Å². The number of rotatable bonds is 3. The van der Waals surface area contributed by atoms with Crippen LogP contribution in [0.5, 0.6) is 0 Å². The summed E-state index contributed by atoms with van der Waals surface area (Å²) < 4.78 is 0. The number of piperidine rings is 1. The Labute approximate surface area is 76.1 Å². The van der Waals surface area contributed by atoms with Crippen molar-refractivity contribution in [3.63, 3.8) is 0 Å². The van der Waals surface area contributed by atoms with Crippen molar-refractivity contribution < 1.29 is 0 Å². The molecular formula is C10H22N2. The van der Waals surface area contributed by atoms with Gasteiger partial charge in [0.25, 0.3) is 0 Å². The van der Waals surface area contributed by atoms with Crippen LogP contribution in [0.15, 0.2) is 0 Å². The van der Waals surface area contributed by atoms with Gasteiger partial charge >= 0.3 is 0 Å². The number of nitrogens with one attached hydrogen (secondary N) is 2. The molecule has 2 unspecified atom stereocenters. The minimum absolute atomic E-state index is 0.612. The summed E-state index contributed by atoms with van der Waals surface area (Å²) in [5.41, 5.74) is 0. The second-order valence-corrected chi connectivity index (χ2v) is 4.24. The molecule has 12 heavy (non-hydrogen) atoms. The van der Waals surface area contributed by atoms with E-state index in [-0.39, 0.29) is 0 Å². The first-order chi connectivity index (χ1) is 5.70. The fourth-order valence-corrected chi connectivity index (χ4v) is 1.75. The van der Waals surface area contributed by atoms with Crippen LogP contribution in [0.4, 0.5) is 0 Å². The molecule has 72 valence electrons. The molecule has 1 aliphatic heterocycles. The molecule has 0 aliphatic carbocycles. The lowest BCUT2D eigenvalue weighted by Gasteiger charge is -2.30. The van der Waals surface area contributed by atoms with Gasteiger partial charge in [0.2, 0.25) is 0 Å². The molecule has 0 saturated carbocycles. The first-order valence-electron chi connectivity index (χ1n) is 5.17. The molecule has 0 radical (unpaired) electrons. The van der Waals surface area contributed by atoms with Crippen LogP contribution in [0.25, 0.3) is 0 Å². The van der Waals surface area contributed by atoms with Crippen LogP contribution in [0, 0.1) is 5.92 Å². The highest BCUT2D eigenvalue weighted by Crippen LogP contribution is 2.14. The summed E-state index contributed by atoms with van der Waals surface area (Å²) in [6, 6.07) is 1.31. The minimum atomic E-state index is 0.612. The zero-order valence-corrected chi connectivity index (χ0v) is 8.56. The lowest BCUT2D eigenvalue weighted by atomic mass is 9.93. The maximum atomic E-state index is 3.56. The van der Waals surface area contributed by atoms with Crippen LogP contribution in [0.3, 0.4) is 0 Å². The molecule has 0 amide bonds. The quantitative estimate of drug-likeness (QED) is 0.668. The second-order valence-electron chi connectivity index (χ2n) is 4.24. The number of hydrogen-bond acceptors (Lipinski definition) is 2. The third-order valence-electron chi connectivity index (χ3n) is 2.68. The first-order valence-corrected chi connectivity index (χ1v) is 5.17. The van der Waals surface area contributed by atoms with E-state index in [1.807, 2.05) is 0 Å². The molecule has 2 nitrogen and oxygen atoms in total. The molecule has 0 spiro atoms. The fraction of sp³-hybridized carbons (Fsp3) is 1.00. The summed E-state index contributed by atoms with van der Waals surface area (Å²) >= 11 is 0. The Morgan fingerprint density at radius 2 is 2.25 bits per heavy atom. The predicted molar refractivity (Wildman–Crippen MR) is 53.3 cm³/mol. The van der Waals surface area contributed by atoms with Gasteiger partial charge in [-0.3, -0.25) is 0 Å². The average Bonchev–Trinajstić information content (AvgIpc) is 2.03. The van der Waals surface area contributed by atoms with Gasteiger partial charge in [0.15, 0.2) is 0 Å². The van der Waals surface area contributed by atoms with Crippen LogP contribution in [-0.4, -0.2) is 25.2 Å². The predicted octanol–water partition coefficient (Wildman–Crippen LogP) is 1.37. The van der Waals surface area contributed by atoms with Crippen LogP contribution < -0.4 is 10.6 Å². The summed E-state index contributed by atoms with van der Waals surface area (Å²) in [5, 5.41) is 7.04. The van der Waals surface area contributed by atoms with Gasteiger partial charge < -0.3 is 10.6 Å². The van der Waals surface area contributed by atoms with E-state index in [0.29, 0.717) is 12.1 Å². The van der Waals surface area contributed by atoms with Gasteiger partial charge in [-0.2, -0.15) is 0 Å². The van der Waals surface area contributed by atoms with E-state index in [1.165, 1.54) is 19.4 Å². The maximum absolute atomic E-state index is 3.56. The molecule has 0 aromatic heterocycles. The molecule has 1 saturated heterocycles. The van der Waals surface area contributed by atoms with Gasteiger partial charge in [-0.1, -0.05) is 20.8 Å². The Balaban J connectivity index is 2.20. The van der Waals surface area contributed by atoms with Crippen LogP contribution in [-0.2, 0) is 0 Å². The topological polar surface area (TPSA) is 24.1 Å². The highest BCUT2D eigenvalue weighted by Gasteiger charge is 2.19. The summed E-state index contributed by atoms with van der Waals surface area (Å²) in [6.45, 7) is 9.08. The largest absolute Gasteiger partial charge is 0.313 e. The molecule has 0 bridgehead atoms. The van der Waals surface area contributed by atoms with Crippen molar-refractivity contribution in [2.75, 3.05) is 13.1 Å². The van der Waals surface area contributed by atoms with Crippen molar-refractivity contribution in [2.45, 2.75) is 45.7 Å². The van der Waals surface area contributed by atoms with Crippen LogP contribution in [0.1, 0.15) is 33.6 Å². The summed E-state index contributed by atoms with van der Waals surface area (Å²) in [4.78, 5) is 0. The molecule has 1 rings (SSSR count). The van der Waals surface area contributed by atoms with Crippen molar-refractivity contribution >= 4 is 0 Å². The summed E-state index contributed by atoms with van der Waals surface area (Å²) in [6.07, 6.45) is 2.73. The molecule has 0 aromatic carbocycles. The van der Waals surface area contributed by atoms with Gasteiger partial charge in [-0.05, 0) is 25.3 Å². The van der Waals surface area contributed by atoms with Crippen molar-refractivity contribution in [1.29, 1.82) is 0 Å². The van der Waals surface area contributed by atoms with E-state index >= 15 is 0 Å². The average molecular weight is 170 g/mol. The lowest BCUT2D eigenvalue weighted by molar-refractivity contribution is 0.286. The second kappa shape index (κ2) is 4.83. The highest BCUT2D eigenvalue weighted by atomic mass is 15.0. The van der Waals surface area contributed by atoms with E-state index in [0.717, 1.165) is 12.5 Å². The number of hydrogen-bond donors (Lipinski definition) is 2. The van der Waals surface area contributed by atoms with E-state index in [4.69, 9.17) is 0 Å². The molecule has 0 aromatic rings. The van der Waals surface area contributed by atoms with Gasteiger partial charge in [0.05, 0.1) is 0 Å². The molecule has 2 heteroatoms. The molecule has 2 N–H and O–H groups in total. The Bertz CT molecular complexity index is 123. The Hall–Kier alpha value is -0.0800. The zero-order chi connectivity index (χ0) is 8.97. The normalized spacial score (nSPS) is 31.0. The van der Waals surface area contributed by atoms with Gasteiger partial charge in [-0.25, -0.2) is 0 Å². The monoisotopic (exact) mass is 170 g/mol. The van der Waals surface area contributed by atoms with Crippen molar-refractivity contribution in [2.24, 2.45) is 5.92 Å². The van der Waals surface area contributed by atoms with E-state index in [2.05, 4.69) is 31.4 Å². The third kappa shape index (κ3) is 3.11. The maximum Gasteiger partial charge on any atom is 0.0218 e. The summed E-state index contributed by atoms with van der Waals surface area (Å²) in [7, 11) is 0. The van der Waals surface area contributed by atoms with Gasteiger partial charge in [0.1, 0.15) is 0 Å². The Morgan fingerprint density at radius 1 is 1.50 bits per heavy atom. The smallest absolute Gasteiger partial charge is 0.0218 e. The Morgan fingerprint density at radius 3 is 2.83 bits per heavy atom. The van der Waals surface area contributed by atoms with Crippen molar-refractivity contribution in [1.82, 2.24) is 10.6 Å². The highest BCUT2D eigenvalue weighted by molar-refractivity contribution is 4.80. The standard InChI is InChI=1S/C10H22N2/c1-8(2)12-7-10-9(3)5-4-6-11-10/h8-12H,4-7H2,1-3H3. The molecular weight excluding hydrogens is 148 g/mol. The van der Waals surface area contributed by atoms with Crippen molar-refractivity contribution in [3.05, 3.63) is 0 Å². The van der Waals surface area contributed by atoms with E-state index in [1.54, 1.807) is 0 Å². The molecule has 1 aliphatic rings. The SMILES string of the molecule is CC(C)NCC1NCCCC1C. The van der Waals surface area contributed by atoms with E-state index < -0.39 is 0 Å². The molecule has 1 heterocycles. The van der Waals surface area contributed by atoms with E-state index in [9.17, 15) is 0 Å². The van der Waals surface area contributed by atoms with Gasteiger partial charge in [-0.15, -0.1) is 0 Å². The minimum Gasteiger partial charge on any atom is -0.313 e.